The fourth-order valence-corrected chi connectivity index (χ4v) is 4.69. The van der Waals surface area contributed by atoms with Crippen LogP contribution in [0.4, 0.5) is 16.2 Å². The van der Waals surface area contributed by atoms with Crippen molar-refractivity contribution >= 4 is 34.0 Å². The molecule has 38 heavy (non-hydrogen) atoms. The predicted octanol–water partition coefficient (Wildman–Crippen LogP) is 3.14. The average Bonchev–Trinajstić information content (AvgIpc) is 2.93. The lowest BCUT2D eigenvalue weighted by Gasteiger charge is -2.27. The summed E-state index contributed by atoms with van der Waals surface area (Å²) >= 11 is 0. The van der Waals surface area contributed by atoms with Crippen LogP contribution in [0.5, 0.6) is 0 Å². The van der Waals surface area contributed by atoms with E-state index in [1.54, 1.807) is 54.0 Å². The standard InChI is InChI=1S/C27H34N6O5/c1-19(30-37)20-7-6-8-21(17-20)28-26(35)29-22-9-10-24-23(18-22)25(34)33(15-16-38-2)27(36)32(24)14-13-31-11-4-3-5-12-31/h6-10,17-18,37H,3-5,11-16H2,1-2H3,(H2,28,29,35)/b30-19+. The lowest BCUT2D eigenvalue weighted by molar-refractivity contribution is 0.183. The SMILES string of the molecule is COCCn1c(=O)c2cc(NC(=O)Nc3cccc(/C(C)=N/O)c3)ccc2n(CCN2CCCCC2)c1=O. The first-order valence-corrected chi connectivity index (χ1v) is 12.8. The van der Waals surface area contributed by atoms with Crippen LogP contribution in [0, 0.1) is 0 Å². The molecule has 1 saturated heterocycles. The summed E-state index contributed by atoms with van der Waals surface area (Å²) in [4.78, 5) is 41.6. The Kier molecular flexibility index (Phi) is 8.93. The van der Waals surface area contributed by atoms with Crippen molar-refractivity contribution in [2.45, 2.75) is 39.3 Å². The Morgan fingerprint density at radius 3 is 2.42 bits per heavy atom. The monoisotopic (exact) mass is 522 g/mol. The summed E-state index contributed by atoms with van der Waals surface area (Å²) in [5.41, 5.74) is 1.74. The van der Waals surface area contributed by atoms with Gasteiger partial charge in [-0.2, -0.15) is 0 Å². The zero-order valence-corrected chi connectivity index (χ0v) is 21.8. The number of carbonyl (C=O) groups excluding carboxylic acids is 1. The number of likely N-dealkylation sites (tertiary alicyclic amines) is 1. The number of amides is 2. The Labute approximate surface area is 220 Å². The van der Waals surface area contributed by atoms with Crippen molar-refractivity contribution in [2.24, 2.45) is 5.16 Å². The van der Waals surface area contributed by atoms with Gasteiger partial charge in [0.05, 0.1) is 29.8 Å². The van der Waals surface area contributed by atoms with Crippen molar-refractivity contribution in [2.75, 3.05) is 44.0 Å². The first-order valence-electron chi connectivity index (χ1n) is 12.8. The number of ether oxygens (including phenoxy) is 1. The molecule has 1 fully saturated rings. The van der Waals surface area contributed by atoms with Gasteiger partial charge in [-0.1, -0.05) is 23.7 Å². The van der Waals surface area contributed by atoms with Gasteiger partial charge < -0.3 is 25.5 Å². The molecule has 2 aromatic carbocycles. The molecule has 0 saturated carbocycles. The largest absolute Gasteiger partial charge is 0.411 e. The number of benzene rings is 2. The molecular formula is C27H34N6O5. The maximum Gasteiger partial charge on any atom is 0.331 e. The molecule has 4 rings (SSSR count). The van der Waals surface area contributed by atoms with Crippen molar-refractivity contribution in [3.8, 4) is 0 Å². The minimum atomic E-state index is -0.502. The minimum Gasteiger partial charge on any atom is -0.411 e. The number of oxime groups is 1. The predicted molar refractivity (Wildman–Crippen MR) is 148 cm³/mol. The quantitative estimate of drug-likeness (QED) is 0.225. The first kappa shape index (κ1) is 27.1. The van der Waals surface area contributed by atoms with E-state index in [1.807, 2.05) is 0 Å². The summed E-state index contributed by atoms with van der Waals surface area (Å²) in [7, 11) is 1.52. The van der Waals surface area contributed by atoms with E-state index in [4.69, 9.17) is 9.94 Å². The summed E-state index contributed by atoms with van der Waals surface area (Å²) in [5.74, 6) is 0. The summed E-state index contributed by atoms with van der Waals surface area (Å²) in [6, 6.07) is 11.4. The molecule has 3 aromatic rings. The molecule has 0 atom stereocenters. The van der Waals surface area contributed by atoms with E-state index in [2.05, 4.69) is 20.7 Å². The van der Waals surface area contributed by atoms with Crippen molar-refractivity contribution in [3.05, 3.63) is 68.9 Å². The number of methoxy groups -OCH3 is 1. The van der Waals surface area contributed by atoms with E-state index in [0.29, 0.717) is 40.1 Å². The van der Waals surface area contributed by atoms with Gasteiger partial charge in [-0.15, -0.1) is 0 Å². The molecule has 0 radical (unpaired) electrons. The molecular weight excluding hydrogens is 488 g/mol. The van der Waals surface area contributed by atoms with Crippen LogP contribution in [0.3, 0.4) is 0 Å². The van der Waals surface area contributed by atoms with Crippen LogP contribution in [-0.4, -0.2) is 64.3 Å². The number of hydrogen-bond acceptors (Lipinski definition) is 7. The molecule has 11 heteroatoms. The topological polar surface area (TPSA) is 130 Å². The number of hydrogen-bond donors (Lipinski definition) is 3. The number of nitrogens with zero attached hydrogens (tertiary/aromatic N) is 4. The van der Waals surface area contributed by atoms with Crippen LogP contribution in [0.1, 0.15) is 31.7 Å². The second-order valence-electron chi connectivity index (χ2n) is 9.36. The van der Waals surface area contributed by atoms with Crippen LogP contribution in [-0.2, 0) is 17.8 Å². The number of piperidine rings is 1. The number of fused-ring (bicyclic) bond motifs is 1. The average molecular weight is 523 g/mol. The number of anilines is 2. The van der Waals surface area contributed by atoms with Gasteiger partial charge in [0.15, 0.2) is 0 Å². The van der Waals surface area contributed by atoms with Crippen LogP contribution in [0.25, 0.3) is 10.9 Å². The van der Waals surface area contributed by atoms with Gasteiger partial charge in [0.1, 0.15) is 0 Å². The Morgan fingerprint density at radius 2 is 1.71 bits per heavy atom. The van der Waals surface area contributed by atoms with E-state index >= 15 is 0 Å². The second kappa shape index (κ2) is 12.5. The molecule has 2 heterocycles. The maximum atomic E-state index is 13.3. The van der Waals surface area contributed by atoms with E-state index in [0.717, 1.165) is 32.5 Å². The van der Waals surface area contributed by atoms with Gasteiger partial charge in [0.25, 0.3) is 5.56 Å². The van der Waals surface area contributed by atoms with Crippen molar-refractivity contribution < 1.29 is 14.7 Å². The maximum absolute atomic E-state index is 13.3. The van der Waals surface area contributed by atoms with E-state index in [1.165, 1.54) is 18.1 Å². The van der Waals surface area contributed by atoms with Gasteiger partial charge in [-0.05, 0) is 63.2 Å². The molecule has 0 aliphatic carbocycles. The Hall–Kier alpha value is -3.96. The number of urea groups is 1. The summed E-state index contributed by atoms with van der Waals surface area (Å²) in [6.45, 7) is 5.22. The number of rotatable bonds is 9. The highest BCUT2D eigenvalue weighted by atomic mass is 16.5. The Bertz CT molecular complexity index is 1440. The van der Waals surface area contributed by atoms with Gasteiger partial charge in [0, 0.05) is 37.1 Å². The smallest absolute Gasteiger partial charge is 0.331 e. The fourth-order valence-electron chi connectivity index (χ4n) is 4.69. The molecule has 0 bridgehead atoms. The summed E-state index contributed by atoms with van der Waals surface area (Å²) in [5, 5.41) is 18.0. The van der Waals surface area contributed by atoms with Crippen molar-refractivity contribution in [3.63, 3.8) is 0 Å². The molecule has 0 unspecified atom stereocenters. The summed E-state index contributed by atoms with van der Waals surface area (Å²) < 4.78 is 7.96. The highest BCUT2D eigenvalue weighted by Crippen LogP contribution is 2.18. The van der Waals surface area contributed by atoms with Gasteiger partial charge >= 0.3 is 11.7 Å². The highest BCUT2D eigenvalue weighted by Gasteiger charge is 2.16. The molecule has 1 aliphatic rings. The zero-order chi connectivity index (χ0) is 27.1. The lowest BCUT2D eigenvalue weighted by atomic mass is 10.1. The van der Waals surface area contributed by atoms with Crippen LogP contribution in [0.15, 0.2) is 57.2 Å². The Morgan fingerprint density at radius 1 is 0.974 bits per heavy atom. The molecule has 1 aliphatic heterocycles. The Balaban J connectivity index is 1.61. The highest BCUT2D eigenvalue weighted by molar-refractivity contribution is 6.03. The minimum absolute atomic E-state index is 0.138. The number of carbonyl (C=O) groups is 1. The fraction of sp³-hybridized carbons (Fsp3) is 0.407. The lowest BCUT2D eigenvalue weighted by Crippen LogP contribution is -2.43. The molecule has 3 N–H and O–H groups in total. The number of nitrogens with one attached hydrogen (secondary N) is 2. The van der Waals surface area contributed by atoms with Gasteiger partial charge in [-0.25, -0.2) is 9.59 Å². The van der Waals surface area contributed by atoms with Crippen LogP contribution in [0.2, 0.25) is 0 Å². The second-order valence-corrected chi connectivity index (χ2v) is 9.36. The van der Waals surface area contributed by atoms with Gasteiger partial charge in [-0.3, -0.25) is 13.9 Å². The summed E-state index contributed by atoms with van der Waals surface area (Å²) in [6.07, 6.45) is 3.53. The zero-order valence-electron chi connectivity index (χ0n) is 21.8. The molecule has 11 nitrogen and oxygen atoms in total. The molecule has 2 amide bonds. The molecule has 0 spiro atoms. The third-order valence-electron chi connectivity index (χ3n) is 6.78. The molecule has 1 aromatic heterocycles. The van der Waals surface area contributed by atoms with E-state index in [-0.39, 0.29) is 18.8 Å². The van der Waals surface area contributed by atoms with E-state index < -0.39 is 11.6 Å². The van der Waals surface area contributed by atoms with Crippen molar-refractivity contribution in [1.29, 1.82) is 0 Å². The number of aromatic nitrogens is 2. The third kappa shape index (κ3) is 6.29. The van der Waals surface area contributed by atoms with Gasteiger partial charge in [0.2, 0.25) is 0 Å². The normalized spacial score (nSPS) is 14.5. The third-order valence-corrected chi connectivity index (χ3v) is 6.78. The van der Waals surface area contributed by atoms with Crippen LogP contribution >= 0.6 is 0 Å². The first-order chi connectivity index (χ1) is 18.4. The van der Waals surface area contributed by atoms with Crippen LogP contribution < -0.4 is 21.9 Å². The van der Waals surface area contributed by atoms with Crippen molar-refractivity contribution in [1.82, 2.24) is 14.0 Å². The molecule has 202 valence electrons. The van der Waals surface area contributed by atoms with E-state index in [9.17, 15) is 14.4 Å².